The van der Waals surface area contributed by atoms with Gasteiger partial charge in [0.15, 0.2) is 5.82 Å². The number of rotatable bonds is 2. The zero-order valence-electron chi connectivity index (χ0n) is 9.56. The van der Waals surface area contributed by atoms with Gasteiger partial charge in [-0.2, -0.15) is 0 Å². The van der Waals surface area contributed by atoms with Crippen molar-refractivity contribution in [3.8, 4) is 23.2 Å². The number of hydrogen-bond acceptors (Lipinski definition) is 2. The summed E-state index contributed by atoms with van der Waals surface area (Å²) in [5.74, 6) is 6.90. The highest BCUT2D eigenvalue weighted by molar-refractivity contribution is 5.56. The van der Waals surface area contributed by atoms with E-state index in [9.17, 15) is 0 Å². The summed E-state index contributed by atoms with van der Waals surface area (Å²) in [6, 6.07) is 9.76. The highest BCUT2D eigenvalue weighted by atomic mass is 14.8. The Bertz CT molecular complexity index is 518. The van der Waals surface area contributed by atoms with Crippen LogP contribution in [0, 0.1) is 18.8 Å². The Labute approximate surface area is 102 Å². The number of benzene rings is 1. The SMILES string of the molecule is [CH2]CCC#Cc1ccc(-c2ncccn2)cc1. The maximum Gasteiger partial charge on any atom is 0.159 e. The molecule has 0 aliphatic rings. The van der Waals surface area contributed by atoms with Crippen LogP contribution in [0.3, 0.4) is 0 Å². The Kier molecular flexibility index (Phi) is 3.88. The molecule has 0 amide bonds. The highest BCUT2D eigenvalue weighted by Gasteiger charge is 1.98. The molecule has 1 radical (unpaired) electrons. The van der Waals surface area contributed by atoms with Gasteiger partial charge in [-0.05, 0) is 36.8 Å². The number of aromatic nitrogens is 2. The van der Waals surface area contributed by atoms with Crippen LogP contribution in [0.2, 0.25) is 0 Å². The normalized spacial score (nSPS) is 9.47. The molecule has 2 heteroatoms. The molecule has 2 rings (SSSR count). The maximum absolute atomic E-state index is 4.20. The second kappa shape index (κ2) is 5.81. The van der Waals surface area contributed by atoms with E-state index < -0.39 is 0 Å². The Morgan fingerprint density at radius 2 is 1.76 bits per heavy atom. The topological polar surface area (TPSA) is 25.8 Å². The Morgan fingerprint density at radius 3 is 2.41 bits per heavy atom. The summed E-state index contributed by atoms with van der Waals surface area (Å²) >= 11 is 0. The first-order valence-electron chi connectivity index (χ1n) is 5.56. The third-order valence-electron chi connectivity index (χ3n) is 2.24. The molecule has 0 fully saturated rings. The van der Waals surface area contributed by atoms with Crippen molar-refractivity contribution < 1.29 is 0 Å². The summed E-state index contributed by atoms with van der Waals surface area (Å²) in [7, 11) is 0. The molecule has 1 aromatic carbocycles. The molecule has 0 aliphatic heterocycles. The van der Waals surface area contributed by atoms with Crippen LogP contribution in [0.1, 0.15) is 18.4 Å². The second-order valence-corrected chi connectivity index (χ2v) is 3.56. The molecule has 0 saturated carbocycles. The van der Waals surface area contributed by atoms with E-state index in [0.717, 1.165) is 29.8 Å². The van der Waals surface area contributed by atoms with Gasteiger partial charge in [-0.15, -0.1) is 0 Å². The first-order chi connectivity index (χ1) is 8.40. The van der Waals surface area contributed by atoms with E-state index in [0.29, 0.717) is 0 Å². The molecule has 0 saturated heterocycles. The Hall–Kier alpha value is -2.14. The molecule has 0 spiro atoms. The quantitative estimate of drug-likeness (QED) is 0.728. The number of hydrogen-bond donors (Lipinski definition) is 0. The van der Waals surface area contributed by atoms with Gasteiger partial charge in [0.25, 0.3) is 0 Å². The van der Waals surface area contributed by atoms with Crippen LogP contribution in [-0.4, -0.2) is 9.97 Å². The molecule has 83 valence electrons. The van der Waals surface area contributed by atoms with Gasteiger partial charge < -0.3 is 0 Å². The fraction of sp³-hybridized carbons (Fsp3) is 0.133. The largest absolute Gasteiger partial charge is 0.237 e. The Balaban J connectivity index is 2.17. The molecule has 1 heterocycles. The van der Waals surface area contributed by atoms with Gasteiger partial charge in [0.1, 0.15) is 0 Å². The van der Waals surface area contributed by atoms with Gasteiger partial charge >= 0.3 is 0 Å². The van der Waals surface area contributed by atoms with Crippen molar-refractivity contribution in [2.75, 3.05) is 0 Å². The second-order valence-electron chi connectivity index (χ2n) is 3.56. The molecule has 2 aromatic rings. The molecule has 0 aliphatic carbocycles. The third-order valence-corrected chi connectivity index (χ3v) is 2.24. The zero-order chi connectivity index (χ0) is 11.9. The molecule has 2 nitrogen and oxygen atoms in total. The fourth-order valence-electron chi connectivity index (χ4n) is 1.40. The lowest BCUT2D eigenvalue weighted by molar-refractivity contribution is 1.08. The van der Waals surface area contributed by atoms with Crippen molar-refractivity contribution in [2.24, 2.45) is 0 Å². The maximum atomic E-state index is 4.20. The predicted octanol–water partition coefficient (Wildman–Crippen LogP) is 3.11. The first-order valence-corrected chi connectivity index (χ1v) is 5.56. The van der Waals surface area contributed by atoms with E-state index in [1.54, 1.807) is 12.4 Å². The fourth-order valence-corrected chi connectivity index (χ4v) is 1.40. The first kappa shape index (κ1) is 11.3. The van der Waals surface area contributed by atoms with Gasteiger partial charge in [0, 0.05) is 29.9 Å². The van der Waals surface area contributed by atoms with E-state index in [2.05, 4.69) is 28.7 Å². The summed E-state index contributed by atoms with van der Waals surface area (Å²) in [5.41, 5.74) is 2.02. The minimum Gasteiger partial charge on any atom is -0.237 e. The van der Waals surface area contributed by atoms with Crippen LogP contribution in [-0.2, 0) is 0 Å². The summed E-state index contributed by atoms with van der Waals surface area (Å²) < 4.78 is 0. The monoisotopic (exact) mass is 221 g/mol. The molecule has 0 bridgehead atoms. The Morgan fingerprint density at radius 1 is 1.06 bits per heavy atom. The van der Waals surface area contributed by atoms with Crippen molar-refractivity contribution in [2.45, 2.75) is 12.8 Å². The van der Waals surface area contributed by atoms with E-state index >= 15 is 0 Å². The molecule has 1 aromatic heterocycles. The van der Waals surface area contributed by atoms with E-state index in [1.807, 2.05) is 30.3 Å². The van der Waals surface area contributed by atoms with E-state index in [-0.39, 0.29) is 0 Å². The van der Waals surface area contributed by atoms with Crippen LogP contribution in [0.25, 0.3) is 11.4 Å². The van der Waals surface area contributed by atoms with Crippen LogP contribution < -0.4 is 0 Å². The van der Waals surface area contributed by atoms with Crippen molar-refractivity contribution in [3.05, 3.63) is 55.2 Å². The van der Waals surface area contributed by atoms with Gasteiger partial charge in [0.2, 0.25) is 0 Å². The van der Waals surface area contributed by atoms with E-state index in [4.69, 9.17) is 0 Å². The predicted molar refractivity (Wildman–Crippen MR) is 68.9 cm³/mol. The van der Waals surface area contributed by atoms with Gasteiger partial charge in [-0.3, -0.25) is 0 Å². The molecular weight excluding hydrogens is 208 g/mol. The lowest BCUT2D eigenvalue weighted by Gasteiger charge is -1.98. The van der Waals surface area contributed by atoms with Crippen molar-refractivity contribution in [1.29, 1.82) is 0 Å². The van der Waals surface area contributed by atoms with Crippen LogP contribution in [0.5, 0.6) is 0 Å². The number of nitrogens with zero attached hydrogens (tertiary/aromatic N) is 2. The van der Waals surface area contributed by atoms with E-state index in [1.165, 1.54) is 0 Å². The van der Waals surface area contributed by atoms with Gasteiger partial charge in [-0.25, -0.2) is 9.97 Å². The smallest absolute Gasteiger partial charge is 0.159 e. The molecule has 0 atom stereocenters. The summed E-state index contributed by atoms with van der Waals surface area (Å²) in [5, 5.41) is 0. The zero-order valence-corrected chi connectivity index (χ0v) is 9.56. The standard InChI is InChI=1S/C15H13N2/c1-2-3-4-6-13-7-9-14(10-8-13)15-16-11-5-12-17-15/h5,7-12H,1-3H2. The molecular formula is C15H13N2. The van der Waals surface area contributed by atoms with Gasteiger partial charge in [0.05, 0.1) is 0 Å². The van der Waals surface area contributed by atoms with Crippen molar-refractivity contribution in [3.63, 3.8) is 0 Å². The lowest BCUT2D eigenvalue weighted by Crippen LogP contribution is -1.86. The summed E-state index contributed by atoms with van der Waals surface area (Å²) in [4.78, 5) is 8.40. The summed E-state index contributed by atoms with van der Waals surface area (Å²) in [6.07, 6.45) is 5.17. The average molecular weight is 221 g/mol. The van der Waals surface area contributed by atoms with Crippen LogP contribution in [0.4, 0.5) is 0 Å². The summed E-state index contributed by atoms with van der Waals surface area (Å²) in [6.45, 7) is 3.75. The van der Waals surface area contributed by atoms with Crippen LogP contribution in [0.15, 0.2) is 42.7 Å². The van der Waals surface area contributed by atoms with Crippen molar-refractivity contribution in [1.82, 2.24) is 9.97 Å². The van der Waals surface area contributed by atoms with Crippen LogP contribution >= 0.6 is 0 Å². The highest BCUT2D eigenvalue weighted by Crippen LogP contribution is 2.13. The molecule has 0 N–H and O–H groups in total. The average Bonchev–Trinajstić information content (AvgIpc) is 2.41. The molecule has 0 unspecified atom stereocenters. The number of unbranched alkanes of at least 4 members (excludes halogenated alkanes) is 1. The van der Waals surface area contributed by atoms with Crippen molar-refractivity contribution >= 4 is 0 Å². The molecule has 17 heavy (non-hydrogen) atoms. The third kappa shape index (κ3) is 3.15. The van der Waals surface area contributed by atoms with Gasteiger partial charge in [-0.1, -0.05) is 18.8 Å². The lowest BCUT2D eigenvalue weighted by atomic mass is 10.1. The minimum atomic E-state index is 0.741. The minimum absolute atomic E-state index is 0.741.